The van der Waals surface area contributed by atoms with E-state index in [1.807, 2.05) is 13.8 Å². The van der Waals surface area contributed by atoms with Crippen LogP contribution in [0.2, 0.25) is 0 Å². The second-order valence-corrected chi connectivity index (χ2v) is 3.41. The lowest BCUT2D eigenvalue weighted by Gasteiger charge is -2.22. The maximum absolute atomic E-state index is 10.8. The van der Waals surface area contributed by atoms with E-state index in [0.717, 1.165) is 12.8 Å². The molecule has 0 bridgehead atoms. The minimum atomic E-state index is -0.914. The van der Waals surface area contributed by atoms with Gasteiger partial charge in [0.1, 0.15) is 0 Å². The lowest BCUT2D eigenvalue weighted by molar-refractivity contribution is -0.145. The van der Waals surface area contributed by atoms with Crippen molar-refractivity contribution in [3.63, 3.8) is 0 Å². The first-order valence-corrected chi connectivity index (χ1v) is 3.95. The number of cyclic esters (lactones) is 1. The van der Waals surface area contributed by atoms with Crippen molar-refractivity contribution < 1.29 is 14.6 Å². The van der Waals surface area contributed by atoms with Crippen LogP contribution in [0.1, 0.15) is 26.7 Å². The number of hydrogen-bond acceptors (Lipinski definition) is 3. The molecular formula is C8H14O3. The van der Waals surface area contributed by atoms with Crippen LogP contribution in [0.3, 0.4) is 0 Å². The highest BCUT2D eigenvalue weighted by Crippen LogP contribution is 2.33. The fourth-order valence-electron chi connectivity index (χ4n) is 1.46. The minimum Gasteiger partial charge on any atom is -0.463 e. The van der Waals surface area contributed by atoms with Crippen molar-refractivity contribution in [3.8, 4) is 0 Å². The van der Waals surface area contributed by atoms with Crippen LogP contribution in [0.15, 0.2) is 0 Å². The fraction of sp³-hybridized carbons (Fsp3) is 0.875. The van der Waals surface area contributed by atoms with E-state index in [2.05, 4.69) is 0 Å². The van der Waals surface area contributed by atoms with Crippen LogP contribution in [0.25, 0.3) is 0 Å². The molecule has 3 heteroatoms. The van der Waals surface area contributed by atoms with E-state index in [4.69, 9.17) is 4.74 Å². The van der Waals surface area contributed by atoms with Crippen molar-refractivity contribution >= 4 is 5.97 Å². The van der Waals surface area contributed by atoms with Gasteiger partial charge < -0.3 is 9.84 Å². The molecule has 2 atom stereocenters. The summed E-state index contributed by atoms with van der Waals surface area (Å²) < 4.78 is 4.74. The molecule has 0 saturated carbocycles. The maximum Gasteiger partial charge on any atom is 0.335 e. The largest absolute Gasteiger partial charge is 0.463 e. The van der Waals surface area contributed by atoms with Crippen LogP contribution in [0.4, 0.5) is 0 Å². The topological polar surface area (TPSA) is 46.5 Å². The van der Waals surface area contributed by atoms with Gasteiger partial charge in [0.25, 0.3) is 0 Å². The molecule has 1 heterocycles. The SMILES string of the molecule is CCCC1(C)COC(=O)C1O. The molecule has 1 fully saturated rings. The molecule has 11 heavy (non-hydrogen) atoms. The van der Waals surface area contributed by atoms with Crippen LogP contribution in [-0.4, -0.2) is 23.8 Å². The molecule has 0 aliphatic carbocycles. The second-order valence-electron chi connectivity index (χ2n) is 3.41. The van der Waals surface area contributed by atoms with Crippen LogP contribution >= 0.6 is 0 Å². The number of aliphatic hydroxyl groups is 1. The third kappa shape index (κ3) is 1.38. The summed E-state index contributed by atoms with van der Waals surface area (Å²) in [6.45, 7) is 4.27. The van der Waals surface area contributed by atoms with Crippen molar-refractivity contribution in [2.45, 2.75) is 32.8 Å². The first-order chi connectivity index (χ1) is 5.10. The fourth-order valence-corrected chi connectivity index (χ4v) is 1.46. The molecule has 0 radical (unpaired) electrons. The first-order valence-electron chi connectivity index (χ1n) is 3.95. The molecule has 0 aromatic carbocycles. The summed E-state index contributed by atoms with van der Waals surface area (Å²) in [5, 5.41) is 9.37. The number of ether oxygens (including phenoxy) is 1. The Kier molecular flexibility index (Phi) is 2.18. The monoisotopic (exact) mass is 158 g/mol. The number of carbonyl (C=O) groups is 1. The zero-order valence-electron chi connectivity index (χ0n) is 6.96. The van der Waals surface area contributed by atoms with Gasteiger partial charge in [-0.05, 0) is 6.42 Å². The molecule has 0 aromatic heterocycles. The number of aliphatic hydroxyl groups excluding tert-OH is 1. The number of hydrogen-bond donors (Lipinski definition) is 1. The van der Waals surface area contributed by atoms with Crippen LogP contribution < -0.4 is 0 Å². The maximum atomic E-state index is 10.8. The molecule has 1 N–H and O–H groups in total. The van der Waals surface area contributed by atoms with Gasteiger partial charge in [0.15, 0.2) is 6.10 Å². The predicted octanol–water partition coefficient (Wildman–Crippen LogP) is 0.710. The van der Waals surface area contributed by atoms with Crippen molar-refractivity contribution in [1.29, 1.82) is 0 Å². The van der Waals surface area contributed by atoms with Crippen molar-refractivity contribution in [3.05, 3.63) is 0 Å². The van der Waals surface area contributed by atoms with Gasteiger partial charge in [-0.25, -0.2) is 4.79 Å². The summed E-state index contributed by atoms with van der Waals surface area (Å²) in [4.78, 5) is 10.8. The van der Waals surface area contributed by atoms with Gasteiger partial charge in [0, 0.05) is 5.41 Å². The number of carbonyl (C=O) groups excluding carboxylic acids is 1. The molecule has 1 aliphatic rings. The summed E-state index contributed by atoms with van der Waals surface area (Å²) in [5.41, 5.74) is -0.341. The molecule has 0 amide bonds. The Morgan fingerprint density at radius 3 is 2.82 bits per heavy atom. The summed E-state index contributed by atoms with van der Waals surface area (Å²) in [5.74, 6) is -0.471. The predicted molar refractivity (Wildman–Crippen MR) is 40.0 cm³/mol. The molecular weight excluding hydrogens is 144 g/mol. The van der Waals surface area contributed by atoms with E-state index in [1.165, 1.54) is 0 Å². The van der Waals surface area contributed by atoms with E-state index in [0.29, 0.717) is 6.61 Å². The van der Waals surface area contributed by atoms with E-state index in [9.17, 15) is 9.90 Å². The Bertz CT molecular complexity index is 167. The Labute approximate surface area is 66.4 Å². The third-order valence-corrected chi connectivity index (χ3v) is 2.25. The Hall–Kier alpha value is -0.570. The molecule has 0 spiro atoms. The van der Waals surface area contributed by atoms with Gasteiger partial charge in [-0.3, -0.25) is 0 Å². The van der Waals surface area contributed by atoms with Crippen molar-refractivity contribution in [2.75, 3.05) is 6.61 Å². The number of rotatable bonds is 2. The molecule has 64 valence electrons. The van der Waals surface area contributed by atoms with Gasteiger partial charge in [0.05, 0.1) is 6.61 Å². The highest BCUT2D eigenvalue weighted by atomic mass is 16.6. The van der Waals surface area contributed by atoms with Crippen LogP contribution in [0, 0.1) is 5.41 Å². The van der Waals surface area contributed by atoms with E-state index in [-0.39, 0.29) is 5.41 Å². The summed E-state index contributed by atoms with van der Waals surface area (Å²) in [6, 6.07) is 0. The average molecular weight is 158 g/mol. The molecule has 3 nitrogen and oxygen atoms in total. The Morgan fingerprint density at radius 2 is 2.45 bits per heavy atom. The van der Waals surface area contributed by atoms with Gasteiger partial charge in [-0.1, -0.05) is 20.3 Å². The second kappa shape index (κ2) is 2.81. The molecule has 0 aromatic rings. The first kappa shape index (κ1) is 8.53. The quantitative estimate of drug-likeness (QED) is 0.602. The third-order valence-electron chi connectivity index (χ3n) is 2.25. The Balaban J connectivity index is 2.64. The zero-order valence-corrected chi connectivity index (χ0v) is 6.96. The molecule has 1 rings (SSSR count). The summed E-state index contributed by atoms with van der Waals surface area (Å²) >= 11 is 0. The van der Waals surface area contributed by atoms with Crippen LogP contribution in [-0.2, 0) is 9.53 Å². The molecule has 1 saturated heterocycles. The van der Waals surface area contributed by atoms with E-state index in [1.54, 1.807) is 0 Å². The minimum absolute atomic E-state index is 0.341. The van der Waals surface area contributed by atoms with Gasteiger partial charge in [-0.15, -0.1) is 0 Å². The highest BCUT2D eigenvalue weighted by Gasteiger charge is 2.44. The Morgan fingerprint density at radius 1 is 1.82 bits per heavy atom. The van der Waals surface area contributed by atoms with Gasteiger partial charge in [-0.2, -0.15) is 0 Å². The van der Waals surface area contributed by atoms with Gasteiger partial charge in [0.2, 0.25) is 0 Å². The average Bonchev–Trinajstić information content (AvgIpc) is 2.19. The molecule has 1 aliphatic heterocycles. The zero-order chi connectivity index (χ0) is 8.48. The summed E-state index contributed by atoms with van der Waals surface area (Å²) in [6.07, 6.45) is 0.881. The van der Waals surface area contributed by atoms with E-state index >= 15 is 0 Å². The van der Waals surface area contributed by atoms with Crippen molar-refractivity contribution in [2.24, 2.45) is 5.41 Å². The van der Waals surface area contributed by atoms with E-state index < -0.39 is 12.1 Å². The van der Waals surface area contributed by atoms with Crippen molar-refractivity contribution in [1.82, 2.24) is 0 Å². The number of esters is 1. The highest BCUT2D eigenvalue weighted by molar-refractivity contribution is 5.77. The summed E-state index contributed by atoms with van der Waals surface area (Å²) in [7, 11) is 0. The normalized spacial score (nSPS) is 37.4. The smallest absolute Gasteiger partial charge is 0.335 e. The van der Waals surface area contributed by atoms with Gasteiger partial charge >= 0.3 is 5.97 Å². The van der Waals surface area contributed by atoms with Crippen LogP contribution in [0.5, 0.6) is 0 Å². The lowest BCUT2D eigenvalue weighted by Crippen LogP contribution is -2.32. The lowest BCUT2D eigenvalue weighted by atomic mass is 9.83. The molecule has 2 unspecified atom stereocenters. The standard InChI is InChI=1S/C8H14O3/c1-3-4-8(2)5-11-7(10)6(8)9/h6,9H,3-5H2,1-2H3.